The lowest BCUT2D eigenvalue weighted by atomic mass is 9.98. The summed E-state index contributed by atoms with van der Waals surface area (Å²) in [5.74, 6) is 1.56. The number of imidazole rings is 1. The standard InChI is InChI=1S/C36H38N2O3/c1-5-6-19-33-37-34-31(17-12-18-32(34)40-25-27-13-8-7-9-14-27)38(33)24-26-20-22-28(23-21-26)29-15-10-11-16-30(29)35(39)41-36(2,3)4/h7-18,20-23H,5-6,19,24-25H2,1-4H3. The molecule has 210 valence electrons. The minimum Gasteiger partial charge on any atom is -0.487 e. The molecule has 0 saturated heterocycles. The smallest absolute Gasteiger partial charge is 0.339 e. The van der Waals surface area contributed by atoms with E-state index in [0.29, 0.717) is 18.7 Å². The van der Waals surface area contributed by atoms with E-state index in [0.717, 1.165) is 64.1 Å². The average Bonchev–Trinajstić information content (AvgIpc) is 3.32. The highest BCUT2D eigenvalue weighted by Crippen LogP contribution is 2.30. The van der Waals surface area contributed by atoms with Crippen molar-refractivity contribution in [1.29, 1.82) is 0 Å². The van der Waals surface area contributed by atoms with E-state index < -0.39 is 5.60 Å². The first kappa shape index (κ1) is 28.2. The molecule has 0 amide bonds. The number of carbonyl (C=O) groups is 1. The minimum absolute atomic E-state index is 0.312. The molecule has 5 aromatic rings. The number of esters is 1. The Labute approximate surface area is 242 Å². The van der Waals surface area contributed by atoms with Crippen molar-refractivity contribution in [1.82, 2.24) is 9.55 Å². The summed E-state index contributed by atoms with van der Waals surface area (Å²) in [7, 11) is 0. The molecular formula is C36H38N2O3. The molecule has 41 heavy (non-hydrogen) atoms. The van der Waals surface area contributed by atoms with Crippen LogP contribution in [0.4, 0.5) is 0 Å². The summed E-state index contributed by atoms with van der Waals surface area (Å²) in [5, 5.41) is 0. The number of carbonyl (C=O) groups excluding carboxylic acids is 1. The largest absolute Gasteiger partial charge is 0.487 e. The number of benzene rings is 4. The van der Waals surface area contributed by atoms with E-state index >= 15 is 0 Å². The first-order valence-electron chi connectivity index (χ1n) is 14.4. The van der Waals surface area contributed by atoms with Gasteiger partial charge in [-0.25, -0.2) is 9.78 Å². The van der Waals surface area contributed by atoms with Gasteiger partial charge in [-0.05, 0) is 67.6 Å². The lowest BCUT2D eigenvalue weighted by molar-refractivity contribution is 0.00704. The number of aryl methyl sites for hydroxylation is 1. The quantitative estimate of drug-likeness (QED) is 0.165. The van der Waals surface area contributed by atoms with Crippen LogP contribution in [0.5, 0.6) is 5.75 Å². The summed E-state index contributed by atoms with van der Waals surface area (Å²) >= 11 is 0. The Kier molecular flexibility index (Phi) is 8.53. The maximum absolute atomic E-state index is 12.9. The average molecular weight is 547 g/mol. The molecular weight excluding hydrogens is 508 g/mol. The summed E-state index contributed by atoms with van der Waals surface area (Å²) < 4.78 is 14.2. The molecule has 0 spiro atoms. The number of para-hydroxylation sites is 1. The van der Waals surface area contributed by atoms with Crippen LogP contribution >= 0.6 is 0 Å². The molecule has 0 fully saturated rings. The molecule has 5 nitrogen and oxygen atoms in total. The Balaban J connectivity index is 1.42. The lowest BCUT2D eigenvalue weighted by Crippen LogP contribution is -2.24. The van der Waals surface area contributed by atoms with Gasteiger partial charge in [-0.2, -0.15) is 0 Å². The Morgan fingerprint density at radius 3 is 2.29 bits per heavy atom. The van der Waals surface area contributed by atoms with Gasteiger partial charge in [0.2, 0.25) is 0 Å². The molecule has 0 N–H and O–H groups in total. The fraction of sp³-hybridized carbons (Fsp3) is 0.278. The Morgan fingerprint density at radius 2 is 1.56 bits per heavy atom. The first-order chi connectivity index (χ1) is 19.8. The molecule has 0 saturated carbocycles. The predicted molar refractivity (Wildman–Crippen MR) is 165 cm³/mol. The number of fused-ring (bicyclic) bond motifs is 1. The third kappa shape index (κ3) is 6.86. The SMILES string of the molecule is CCCCc1nc2c(OCc3ccccc3)cccc2n1Cc1ccc(-c2ccccc2C(=O)OC(C)(C)C)cc1. The van der Waals surface area contributed by atoms with Gasteiger partial charge in [-0.3, -0.25) is 0 Å². The lowest BCUT2D eigenvalue weighted by Gasteiger charge is -2.20. The molecule has 5 rings (SSSR count). The zero-order chi connectivity index (χ0) is 28.8. The van der Waals surface area contributed by atoms with E-state index in [4.69, 9.17) is 14.5 Å². The van der Waals surface area contributed by atoms with Gasteiger partial charge < -0.3 is 14.0 Å². The normalized spacial score (nSPS) is 11.5. The van der Waals surface area contributed by atoms with Crippen LogP contribution in [-0.2, 0) is 24.3 Å². The third-order valence-corrected chi connectivity index (χ3v) is 6.96. The molecule has 0 bridgehead atoms. The highest BCUT2D eigenvalue weighted by Gasteiger charge is 2.21. The molecule has 1 aromatic heterocycles. The van der Waals surface area contributed by atoms with Gasteiger partial charge in [0.15, 0.2) is 0 Å². The molecule has 0 aliphatic heterocycles. The van der Waals surface area contributed by atoms with E-state index in [2.05, 4.69) is 54.0 Å². The van der Waals surface area contributed by atoms with Crippen molar-refractivity contribution in [2.24, 2.45) is 0 Å². The van der Waals surface area contributed by atoms with E-state index in [-0.39, 0.29) is 5.97 Å². The van der Waals surface area contributed by atoms with Gasteiger partial charge in [0, 0.05) is 13.0 Å². The maximum atomic E-state index is 12.9. The fourth-order valence-electron chi connectivity index (χ4n) is 4.94. The number of unbranched alkanes of at least 4 members (excludes halogenated alkanes) is 1. The van der Waals surface area contributed by atoms with Crippen molar-refractivity contribution in [3.63, 3.8) is 0 Å². The Bertz CT molecular complexity index is 1610. The monoisotopic (exact) mass is 546 g/mol. The molecule has 0 aliphatic rings. The zero-order valence-corrected chi connectivity index (χ0v) is 24.4. The maximum Gasteiger partial charge on any atom is 0.339 e. The van der Waals surface area contributed by atoms with Crippen LogP contribution in [0.25, 0.3) is 22.2 Å². The topological polar surface area (TPSA) is 53.4 Å². The van der Waals surface area contributed by atoms with Gasteiger partial charge in [0.25, 0.3) is 0 Å². The van der Waals surface area contributed by atoms with Crippen molar-refractivity contribution in [3.8, 4) is 16.9 Å². The van der Waals surface area contributed by atoms with Gasteiger partial charge in [0.05, 0.1) is 11.1 Å². The summed E-state index contributed by atoms with van der Waals surface area (Å²) in [6.07, 6.45) is 3.08. The summed E-state index contributed by atoms with van der Waals surface area (Å²) in [4.78, 5) is 18.0. The van der Waals surface area contributed by atoms with Gasteiger partial charge in [-0.1, -0.05) is 92.2 Å². The van der Waals surface area contributed by atoms with Crippen molar-refractivity contribution in [2.75, 3.05) is 0 Å². The molecule has 0 radical (unpaired) electrons. The van der Waals surface area contributed by atoms with Crippen LogP contribution in [0.15, 0.2) is 97.1 Å². The first-order valence-corrected chi connectivity index (χ1v) is 14.4. The zero-order valence-electron chi connectivity index (χ0n) is 24.4. The highest BCUT2D eigenvalue weighted by atomic mass is 16.6. The molecule has 0 atom stereocenters. The number of hydrogen-bond acceptors (Lipinski definition) is 4. The van der Waals surface area contributed by atoms with Gasteiger partial charge in [0.1, 0.15) is 29.3 Å². The molecule has 1 heterocycles. The van der Waals surface area contributed by atoms with Crippen molar-refractivity contribution >= 4 is 17.0 Å². The number of nitrogens with zero attached hydrogens (tertiary/aromatic N) is 2. The number of aromatic nitrogens is 2. The second kappa shape index (κ2) is 12.4. The molecule has 0 aliphatic carbocycles. The van der Waals surface area contributed by atoms with Crippen LogP contribution in [-0.4, -0.2) is 21.1 Å². The van der Waals surface area contributed by atoms with Crippen LogP contribution in [0.2, 0.25) is 0 Å². The van der Waals surface area contributed by atoms with Gasteiger partial charge >= 0.3 is 5.97 Å². The predicted octanol–water partition coefficient (Wildman–Crippen LogP) is 8.63. The molecule has 5 heteroatoms. The van der Waals surface area contributed by atoms with Crippen LogP contribution < -0.4 is 4.74 Å². The number of hydrogen-bond donors (Lipinski definition) is 0. The number of ether oxygens (including phenoxy) is 2. The van der Waals surface area contributed by atoms with Crippen LogP contribution in [0.3, 0.4) is 0 Å². The Morgan fingerprint density at radius 1 is 0.829 bits per heavy atom. The summed E-state index contributed by atoms with van der Waals surface area (Å²) in [6, 6.07) is 32.4. The van der Waals surface area contributed by atoms with Crippen molar-refractivity contribution in [3.05, 3.63) is 120 Å². The number of rotatable bonds is 10. The van der Waals surface area contributed by atoms with Crippen molar-refractivity contribution < 1.29 is 14.3 Å². The third-order valence-electron chi connectivity index (χ3n) is 6.96. The summed E-state index contributed by atoms with van der Waals surface area (Å²) in [5.41, 5.74) is 6.13. The van der Waals surface area contributed by atoms with E-state index in [9.17, 15) is 4.79 Å². The Hall–Kier alpha value is -4.38. The van der Waals surface area contributed by atoms with E-state index in [1.54, 1.807) is 0 Å². The molecule has 4 aromatic carbocycles. The van der Waals surface area contributed by atoms with E-state index in [1.807, 2.05) is 75.4 Å². The fourth-order valence-corrected chi connectivity index (χ4v) is 4.94. The van der Waals surface area contributed by atoms with Gasteiger partial charge in [-0.15, -0.1) is 0 Å². The van der Waals surface area contributed by atoms with Crippen LogP contribution in [0, 0.1) is 0 Å². The van der Waals surface area contributed by atoms with Crippen molar-refractivity contribution in [2.45, 2.75) is 65.7 Å². The second-order valence-electron chi connectivity index (χ2n) is 11.4. The van der Waals surface area contributed by atoms with E-state index in [1.165, 1.54) is 0 Å². The summed E-state index contributed by atoms with van der Waals surface area (Å²) in [6.45, 7) is 9.06. The second-order valence-corrected chi connectivity index (χ2v) is 11.4. The minimum atomic E-state index is -0.552. The molecule has 0 unspecified atom stereocenters. The highest BCUT2D eigenvalue weighted by molar-refractivity contribution is 5.97. The van der Waals surface area contributed by atoms with Crippen LogP contribution in [0.1, 0.15) is 67.8 Å².